The minimum atomic E-state index is 0.271. The highest BCUT2D eigenvalue weighted by atomic mass is 79.9. The maximum absolute atomic E-state index is 5.85. The molecule has 1 aromatic rings. The molecular formula is C13H20Br2N2S. The van der Waals surface area contributed by atoms with Crippen molar-refractivity contribution in [1.82, 2.24) is 5.43 Å². The number of nitrogens with two attached hydrogens (primary N) is 1. The Balaban J connectivity index is 2.24. The normalized spacial score (nSPS) is 26.2. The van der Waals surface area contributed by atoms with Gasteiger partial charge in [0.05, 0.1) is 13.6 Å². The summed E-state index contributed by atoms with van der Waals surface area (Å²) < 4.78 is 2.35. The smallest absolute Gasteiger partial charge is 0.0758 e. The van der Waals surface area contributed by atoms with Crippen molar-refractivity contribution < 1.29 is 0 Å². The number of hydrogen-bond donors (Lipinski definition) is 2. The van der Waals surface area contributed by atoms with E-state index in [9.17, 15) is 0 Å². The fraction of sp³-hybridized carbons (Fsp3) is 0.692. The van der Waals surface area contributed by atoms with Crippen molar-refractivity contribution in [2.45, 2.75) is 45.1 Å². The maximum atomic E-state index is 5.85. The van der Waals surface area contributed by atoms with Crippen LogP contribution in [-0.2, 0) is 0 Å². The van der Waals surface area contributed by atoms with Crippen LogP contribution in [0.3, 0.4) is 0 Å². The molecule has 0 radical (unpaired) electrons. The van der Waals surface area contributed by atoms with Crippen LogP contribution in [0.5, 0.6) is 0 Å². The van der Waals surface area contributed by atoms with Crippen LogP contribution < -0.4 is 11.3 Å². The second kappa shape index (κ2) is 6.84. The van der Waals surface area contributed by atoms with E-state index in [1.807, 2.05) is 0 Å². The molecule has 1 saturated carbocycles. The summed E-state index contributed by atoms with van der Waals surface area (Å²) in [7, 11) is 0. The SMILES string of the molecule is CCC1CCCCC1C(NN)c1cc(Br)sc1Br. The molecule has 0 saturated heterocycles. The monoisotopic (exact) mass is 394 g/mol. The summed E-state index contributed by atoms with van der Waals surface area (Å²) in [5.74, 6) is 7.30. The van der Waals surface area contributed by atoms with E-state index in [0.717, 1.165) is 9.70 Å². The number of hydrogen-bond acceptors (Lipinski definition) is 3. The Bertz CT molecular complexity index is 394. The highest BCUT2D eigenvalue weighted by molar-refractivity contribution is 9.12. The number of hydrazine groups is 1. The molecule has 0 aromatic carbocycles. The van der Waals surface area contributed by atoms with Gasteiger partial charge in [0.15, 0.2) is 0 Å². The van der Waals surface area contributed by atoms with Gasteiger partial charge < -0.3 is 0 Å². The molecule has 2 rings (SSSR count). The third kappa shape index (κ3) is 3.18. The second-order valence-electron chi connectivity index (χ2n) is 5.04. The molecule has 1 fully saturated rings. The molecule has 5 heteroatoms. The fourth-order valence-electron chi connectivity index (χ4n) is 3.19. The Kier molecular flexibility index (Phi) is 5.69. The van der Waals surface area contributed by atoms with E-state index < -0.39 is 0 Å². The van der Waals surface area contributed by atoms with Gasteiger partial charge in [0.2, 0.25) is 0 Å². The Morgan fingerprint density at radius 1 is 1.44 bits per heavy atom. The van der Waals surface area contributed by atoms with Gasteiger partial charge in [-0.25, -0.2) is 0 Å². The first-order valence-corrected chi connectivity index (χ1v) is 8.98. The van der Waals surface area contributed by atoms with E-state index in [2.05, 4.69) is 50.3 Å². The summed E-state index contributed by atoms with van der Waals surface area (Å²) in [5, 5.41) is 0. The van der Waals surface area contributed by atoms with Gasteiger partial charge >= 0.3 is 0 Å². The van der Waals surface area contributed by atoms with Crippen LogP contribution in [0.1, 0.15) is 50.6 Å². The summed E-state index contributed by atoms with van der Waals surface area (Å²) in [5.41, 5.74) is 4.37. The molecule has 1 aliphatic rings. The summed E-state index contributed by atoms with van der Waals surface area (Å²) in [6.07, 6.45) is 6.60. The first-order valence-electron chi connectivity index (χ1n) is 6.58. The van der Waals surface area contributed by atoms with Crippen LogP contribution in [0.4, 0.5) is 0 Å². The number of nitrogens with one attached hydrogen (secondary N) is 1. The number of rotatable bonds is 4. The van der Waals surface area contributed by atoms with Gasteiger partial charge in [0.1, 0.15) is 0 Å². The Labute approximate surface area is 130 Å². The molecule has 0 spiro atoms. The van der Waals surface area contributed by atoms with Gasteiger partial charge in [-0.05, 0) is 61.7 Å². The average molecular weight is 396 g/mol. The zero-order valence-corrected chi connectivity index (χ0v) is 14.6. The van der Waals surface area contributed by atoms with Crippen molar-refractivity contribution in [3.63, 3.8) is 0 Å². The van der Waals surface area contributed by atoms with Crippen molar-refractivity contribution in [1.29, 1.82) is 0 Å². The standard InChI is InChI=1S/C13H20Br2N2S/c1-2-8-5-3-4-6-9(8)12(17-16)10-7-11(14)18-13(10)15/h7-9,12,17H,2-6,16H2,1H3. The van der Waals surface area contributed by atoms with Crippen LogP contribution in [0.2, 0.25) is 0 Å². The van der Waals surface area contributed by atoms with Crippen molar-refractivity contribution >= 4 is 43.2 Å². The van der Waals surface area contributed by atoms with Crippen LogP contribution in [0.25, 0.3) is 0 Å². The highest BCUT2D eigenvalue weighted by Crippen LogP contribution is 2.44. The number of halogens is 2. The molecule has 1 aromatic heterocycles. The van der Waals surface area contributed by atoms with E-state index in [0.29, 0.717) is 5.92 Å². The van der Waals surface area contributed by atoms with E-state index in [1.54, 1.807) is 11.3 Å². The van der Waals surface area contributed by atoms with Crippen molar-refractivity contribution in [3.8, 4) is 0 Å². The molecule has 1 aliphatic carbocycles. The molecule has 0 aliphatic heterocycles. The average Bonchev–Trinajstić information content (AvgIpc) is 2.70. The first-order chi connectivity index (χ1) is 8.67. The fourth-order valence-corrected chi connectivity index (χ4v) is 6.12. The molecule has 3 unspecified atom stereocenters. The molecule has 102 valence electrons. The molecular weight excluding hydrogens is 376 g/mol. The lowest BCUT2D eigenvalue weighted by Gasteiger charge is -2.36. The summed E-state index contributed by atoms with van der Waals surface area (Å²) in [4.78, 5) is 0. The molecule has 18 heavy (non-hydrogen) atoms. The van der Waals surface area contributed by atoms with Gasteiger partial charge in [-0.1, -0.05) is 32.6 Å². The lowest BCUT2D eigenvalue weighted by Crippen LogP contribution is -2.38. The second-order valence-corrected chi connectivity index (χ2v) is 8.79. The van der Waals surface area contributed by atoms with Gasteiger partial charge in [-0.2, -0.15) is 0 Å². The van der Waals surface area contributed by atoms with Crippen molar-refractivity contribution in [3.05, 3.63) is 19.2 Å². The largest absolute Gasteiger partial charge is 0.271 e. The maximum Gasteiger partial charge on any atom is 0.0758 e. The van der Waals surface area contributed by atoms with E-state index in [1.165, 1.54) is 41.5 Å². The van der Waals surface area contributed by atoms with E-state index >= 15 is 0 Å². The summed E-state index contributed by atoms with van der Waals surface area (Å²) in [6, 6.07) is 2.47. The Morgan fingerprint density at radius 3 is 2.72 bits per heavy atom. The molecule has 0 bridgehead atoms. The van der Waals surface area contributed by atoms with Crippen LogP contribution in [0.15, 0.2) is 13.6 Å². The minimum Gasteiger partial charge on any atom is -0.271 e. The lowest BCUT2D eigenvalue weighted by molar-refractivity contribution is 0.176. The van der Waals surface area contributed by atoms with E-state index in [-0.39, 0.29) is 6.04 Å². The van der Waals surface area contributed by atoms with Gasteiger partial charge in [-0.3, -0.25) is 11.3 Å². The third-order valence-electron chi connectivity index (χ3n) is 4.12. The van der Waals surface area contributed by atoms with Crippen LogP contribution >= 0.6 is 43.2 Å². The predicted octanol–water partition coefficient (Wildman–Crippen LogP) is 4.99. The zero-order chi connectivity index (χ0) is 13.1. The summed E-state index contributed by atoms with van der Waals surface area (Å²) >= 11 is 8.94. The molecule has 2 nitrogen and oxygen atoms in total. The first kappa shape index (κ1) is 15.0. The highest BCUT2D eigenvalue weighted by Gasteiger charge is 2.32. The zero-order valence-electron chi connectivity index (χ0n) is 10.6. The Morgan fingerprint density at radius 2 is 2.17 bits per heavy atom. The summed E-state index contributed by atoms with van der Waals surface area (Å²) in [6.45, 7) is 2.30. The van der Waals surface area contributed by atoms with E-state index in [4.69, 9.17) is 5.84 Å². The lowest BCUT2D eigenvalue weighted by atomic mass is 9.73. The molecule has 3 atom stereocenters. The number of thiophene rings is 1. The Hall–Kier alpha value is 0.580. The topological polar surface area (TPSA) is 38.0 Å². The van der Waals surface area contributed by atoms with Crippen LogP contribution in [0, 0.1) is 11.8 Å². The predicted molar refractivity (Wildman–Crippen MR) is 85.5 cm³/mol. The van der Waals surface area contributed by atoms with Crippen LogP contribution in [-0.4, -0.2) is 0 Å². The van der Waals surface area contributed by atoms with Crippen molar-refractivity contribution in [2.75, 3.05) is 0 Å². The molecule has 3 N–H and O–H groups in total. The van der Waals surface area contributed by atoms with Gasteiger partial charge in [-0.15, -0.1) is 11.3 Å². The third-order valence-corrected chi connectivity index (χ3v) is 6.50. The molecule has 0 amide bonds. The van der Waals surface area contributed by atoms with Gasteiger partial charge in [0, 0.05) is 0 Å². The minimum absolute atomic E-state index is 0.271. The quantitative estimate of drug-likeness (QED) is 0.556. The molecule has 1 heterocycles. The van der Waals surface area contributed by atoms with Crippen molar-refractivity contribution in [2.24, 2.45) is 17.7 Å². The van der Waals surface area contributed by atoms with Gasteiger partial charge in [0.25, 0.3) is 0 Å².